The van der Waals surface area contributed by atoms with Gasteiger partial charge in [0.25, 0.3) is 5.91 Å². The molecule has 0 spiro atoms. The topological polar surface area (TPSA) is 61.4 Å². The van der Waals surface area contributed by atoms with Crippen LogP contribution in [0.3, 0.4) is 0 Å². The lowest BCUT2D eigenvalue weighted by Gasteiger charge is -2.23. The molecular weight excluding hydrogens is 331 g/mol. The van der Waals surface area contributed by atoms with Gasteiger partial charge in [-0.25, -0.2) is 0 Å². The van der Waals surface area contributed by atoms with Crippen LogP contribution in [0.15, 0.2) is 18.2 Å². The number of carbonyl (C=O) groups excluding carboxylic acids is 1. The molecule has 1 aromatic rings. The van der Waals surface area contributed by atoms with Crippen LogP contribution in [-0.4, -0.2) is 30.1 Å². The third-order valence-corrected chi connectivity index (χ3v) is 3.51. The smallest absolute Gasteiger partial charge is 0.255 e. The molecule has 4 nitrogen and oxygen atoms in total. The summed E-state index contributed by atoms with van der Waals surface area (Å²) in [6.45, 7) is 1.82. The van der Waals surface area contributed by atoms with E-state index in [1.54, 1.807) is 18.2 Å². The lowest BCUT2D eigenvalue weighted by molar-refractivity contribution is 0.0928. The van der Waals surface area contributed by atoms with Crippen molar-refractivity contribution in [1.29, 1.82) is 0 Å². The molecule has 5 heteroatoms. The van der Waals surface area contributed by atoms with Crippen molar-refractivity contribution in [3.05, 3.63) is 27.3 Å². The minimum Gasteiger partial charge on any atom is -0.507 e. The number of rotatable bonds is 2. The number of hydrogen-bond acceptors (Lipinski definition) is 3. The highest BCUT2D eigenvalue weighted by atomic mass is 127. The van der Waals surface area contributed by atoms with Crippen LogP contribution in [-0.2, 0) is 0 Å². The number of carbonyl (C=O) groups is 1. The average Bonchev–Trinajstić information content (AvgIpc) is 2.33. The maximum Gasteiger partial charge on any atom is 0.255 e. The predicted molar refractivity (Wildman–Crippen MR) is 74.2 cm³/mol. The van der Waals surface area contributed by atoms with Gasteiger partial charge in [0, 0.05) is 16.2 Å². The molecule has 1 fully saturated rings. The first-order valence-corrected chi connectivity index (χ1v) is 6.75. The Morgan fingerprint density at radius 3 is 3.06 bits per heavy atom. The molecule has 0 aromatic heterocycles. The van der Waals surface area contributed by atoms with E-state index in [4.69, 9.17) is 0 Å². The molecule has 92 valence electrons. The summed E-state index contributed by atoms with van der Waals surface area (Å²) in [6, 6.07) is 5.18. The van der Waals surface area contributed by atoms with Gasteiger partial charge in [0.1, 0.15) is 5.75 Å². The van der Waals surface area contributed by atoms with Crippen LogP contribution in [0.25, 0.3) is 0 Å². The normalized spacial score (nSPS) is 19.9. The Morgan fingerprint density at radius 1 is 1.53 bits per heavy atom. The zero-order valence-electron chi connectivity index (χ0n) is 9.37. The predicted octanol–water partition coefficient (Wildman–Crippen LogP) is 1.48. The van der Waals surface area contributed by atoms with E-state index in [2.05, 4.69) is 33.2 Å². The minimum absolute atomic E-state index is 0.0340. The van der Waals surface area contributed by atoms with Gasteiger partial charge >= 0.3 is 0 Å². The van der Waals surface area contributed by atoms with Crippen LogP contribution in [0.4, 0.5) is 0 Å². The van der Waals surface area contributed by atoms with E-state index < -0.39 is 0 Å². The molecule has 2 rings (SSSR count). The second-order valence-electron chi connectivity index (χ2n) is 4.18. The van der Waals surface area contributed by atoms with Crippen molar-refractivity contribution in [2.24, 2.45) is 0 Å². The van der Waals surface area contributed by atoms with Crippen LogP contribution < -0.4 is 10.6 Å². The fraction of sp³-hybridized carbons (Fsp3) is 0.417. The molecule has 0 radical (unpaired) electrons. The summed E-state index contributed by atoms with van der Waals surface area (Å²) in [6.07, 6.45) is 2.06. The van der Waals surface area contributed by atoms with Crippen molar-refractivity contribution >= 4 is 28.5 Å². The number of hydrogen-bond donors (Lipinski definition) is 3. The van der Waals surface area contributed by atoms with Gasteiger partial charge in [0.2, 0.25) is 0 Å². The number of halogens is 1. The maximum atomic E-state index is 12.0. The van der Waals surface area contributed by atoms with Crippen molar-refractivity contribution in [2.75, 3.05) is 13.1 Å². The second kappa shape index (κ2) is 5.68. The van der Waals surface area contributed by atoms with Crippen LogP contribution in [0, 0.1) is 3.57 Å². The number of phenols is 1. The van der Waals surface area contributed by atoms with E-state index in [0.29, 0.717) is 5.56 Å². The summed E-state index contributed by atoms with van der Waals surface area (Å²) in [5.41, 5.74) is 0.350. The van der Waals surface area contributed by atoms with Crippen molar-refractivity contribution in [2.45, 2.75) is 18.9 Å². The first-order valence-electron chi connectivity index (χ1n) is 5.67. The van der Waals surface area contributed by atoms with Gasteiger partial charge in [-0.05, 0) is 60.2 Å². The monoisotopic (exact) mass is 346 g/mol. The summed E-state index contributed by atoms with van der Waals surface area (Å²) in [7, 11) is 0. The molecule has 3 N–H and O–H groups in total. The van der Waals surface area contributed by atoms with Gasteiger partial charge in [-0.2, -0.15) is 0 Å². The van der Waals surface area contributed by atoms with E-state index in [9.17, 15) is 9.90 Å². The molecule has 1 aliphatic heterocycles. The van der Waals surface area contributed by atoms with E-state index in [-0.39, 0.29) is 17.7 Å². The summed E-state index contributed by atoms with van der Waals surface area (Å²) in [5.74, 6) is -0.165. The molecule has 0 saturated carbocycles. The van der Waals surface area contributed by atoms with E-state index >= 15 is 0 Å². The molecule has 1 saturated heterocycles. The quantitative estimate of drug-likeness (QED) is 0.711. The summed E-state index contributed by atoms with van der Waals surface area (Å²) in [5, 5.41) is 15.8. The number of piperidine rings is 1. The zero-order chi connectivity index (χ0) is 12.3. The molecule has 1 unspecified atom stereocenters. The Kier molecular flexibility index (Phi) is 4.22. The van der Waals surface area contributed by atoms with Gasteiger partial charge in [-0.1, -0.05) is 0 Å². The van der Waals surface area contributed by atoms with Crippen molar-refractivity contribution in [1.82, 2.24) is 10.6 Å². The Labute approximate surface area is 114 Å². The molecule has 0 bridgehead atoms. The highest BCUT2D eigenvalue weighted by molar-refractivity contribution is 14.1. The van der Waals surface area contributed by atoms with Crippen molar-refractivity contribution in [3.8, 4) is 5.75 Å². The standard InChI is InChI=1S/C12H15IN2O2/c13-8-3-4-11(16)10(6-8)12(17)15-9-2-1-5-14-7-9/h3-4,6,9,14,16H,1-2,5,7H2,(H,15,17). The number of nitrogens with one attached hydrogen (secondary N) is 2. The van der Waals surface area contributed by atoms with Crippen LogP contribution >= 0.6 is 22.6 Å². The van der Waals surface area contributed by atoms with Crippen LogP contribution in [0.1, 0.15) is 23.2 Å². The van der Waals surface area contributed by atoms with Gasteiger partial charge in [0.05, 0.1) is 5.56 Å². The summed E-state index contributed by atoms with van der Waals surface area (Å²) in [4.78, 5) is 12.0. The van der Waals surface area contributed by atoms with Gasteiger partial charge in [-0.15, -0.1) is 0 Å². The van der Waals surface area contributed by atoms with E-state index in [1.807, 2.05) is 0 Å². The van der Waals surface area contributed by atoms with Gasteiger partial charge in [0.15, 0.2) is 0 Å². The third kappa shape index (κ3) is 3.32. The van der Waals surface area contributed by atoms with Crippen molar-refractivity contribution in [3.63, 3.8) is 0 Å². The van der Waals surface area contributed by atoms with Gasteiger partial charge < -0.3 is 15.7 Å². The Balaban J connectivity index is 2.05. The molecule has 17 heavy (non-hydrogen) atoms. The van der Waals surface area contributed by atoms with E-state index in [1.165, 1.54) is 0 Å². The number of amides is 1. The molecule has 0 aliphatic carbocycles. The molecule has 1 heterocycles. The molecular formula is C12H15IN2O2. The Morgan fingerprint density at radius 2 is 2.35 bits per heavy atom. The first-order chi connectivity index (χ1) is 8.16. The van der Waals surface area contributed by atoms with Crippen LogP contribution in [0.5, 0.6) is 5.75 Å². The first kappa shape index (κ1) is 12.6. The van der Waals surface area contributed by atoms with Crippen LogP contribution in [0.2, 0.25) is 0 Å². The number of benzene rings is 1. The number of aromatic hydroxyl groups is 1. The largest absolute Gasteiger partial charge is 0.507 e. The highest BCUT2D eigenvalue weighted by Crippen LogP contribution is 2.19. The average molecular weight is 346 g/mol. The summed E-state index contributed by atoms with van der Waals surface area (Å²) < 4.78 is 0.937. The maximum absolute atomic E-state index is 12.0. The number of phenolic OH excluding ortho intramolecular Hbond substituents is 1. The lowest BCUT2D eigenvalue weighted by atomic mass is 10.1. The fourth-order valence-electron chi connectivity index (χ4n) is 1.93. The zero-order valence-corrected chi connectivity index (χ0v) is 11.5. The van der Waals surface area contributed by atoms with Crippen molar-refractivity contribution < 1.29 is 9.90 Å². The molecule has 1 aliphatic rings. The fourth-order valence-corrected chi connectivity index (χ4v) is 2.42. The lowest BCUT2D eigenvalue weighted by Crippen LogP contribution is -2.45. The third-order valence-electron chi connectivity index (χ3n) is 2.84. The highest BCUT2D eigenvalue weighted by Gasteiger charge is 2.18. The molecule has 1 amide bonds. The minimum atomic E-state index is -0.199. The summed E-state index contributed by atoms with van der Waals surface area (Å²) >= 11 is 2.12. The second-order valence-corrected chi connectivity index (χ2v) is 5.42. The van der Waals surface area contributed by atoms with Gasteiger partial charge in [-0.3, -0.25) is 4.79 Å². The van der Waals surface area contributed by atoms with E-state index in [0.717, 1.165) is 29.5 Å². The SMILES string of the molecule is O=C(NC1CCCNC1)c1cc(I)ccc1O. The Bertz CT molecular complexity index is 417. The molecule has 1 aromatic carbocycles. The Hall–Kier alpha value is -0.820. The molecule has 1 atom stereocenters.